The summed E-state index contributed by atoms with van der Waals surface area (Å²) in [5.74, 6) is 0.957. The van der Waals surface area contributed by atoms with E-state index in [1.54, 1.807) is 23.9 Å². The molecule has 6 nitrogen and oxygen atoms in total. The smallest absolute Gasteiger partial charge is 0.269 e. The van der Waals surface area contributed by atoms with E-state index in [1.807, 2.05) is 6.92 Å². The van der Waals surface area contributed by atoms with E-state index in [4.69, 9.17) is 9.73 Å². The summed E-state index contributed by atoms with van der Waals surface area (Å²) >= 11 is 1.78. The third-order valence-corrected chi connectivity index (χ3v) is 6.44. The molecule has 0 amide bonds. The molecule has 0 aromatic heterocycles. The maximum atomic E-state index is 11.0. The number of thioether (sulfide) groups is 1. The van der Waals surface area contributed by atoms with Crippen LogP contribution in [0, 0.1) is 17.0 Å². The fourth-order valence-corrected chi connectivity index (χ4v) is 5.48. The molecular formula is C21H31N3O3S. The van der Waals surface area contributed by atoms with Crippen LogP contribution in [0.2, 0.25) is 0 Å². The predicted octanol–water partition coefficient (Wildman–Crippen LogP) is 5.45. The molecule has 1 saturated heterocycles. The molecule has 2 aliphatic rings. The highest BCUT2D eigenvalue weighted by Crippen LogP contribution is 2.38. The first kappa shape index (κ1) is 21.1. The van der Waals surface area contributed by atoms with Crippen LogP contribution in [0.4, 0.5) is 11.4 Å². The van der Waals surface area contributed by atoms with Crippen LogP contribution in [0.15, 0.2) is 23.2 Å². The molecule has 3 rings (SSSR count). The van der Waals surface area contributed by atoms with Gasteiger partial charge in [0.1, 0.15) is 0 Å². The summed E-state index contributed by atoms with van der Waals surface area (Å²) in [6, 6.07) is 5.69. The lowest BCUT2D eigenvalue weighted by Crippen LogP contribution is -2.48. The lowest BCUT2D eigenvalue weighted by atomic mass is 10.1. The molecule has 2 atom stereocenters. The summed E-state index contributed by atoms with van der Waals surface area (Å²) in [6.07, 6.45) is 5.02. The van der Waals surface area contributed by atoms with Gasteiger partial charge in [0.15, 0.2) is 5.17 Å². The summed E-state index contributed by atoms with van der Waals surface area (Å²) in [6.45, 7) is 10.3. The Balaban J connectivity index is 1.89. The summed E-state index contributed by atoms with van der Waals surface area (Å²) in [5.41, 5.74) is 1.57. The van der Waals surface area contributed by atoms with Gasteiger partial charge in [-0.15, -0.1) is 0 Å². The van der Waals surface area contributed by atoms with Crippen molar-refractivity contribution in [2.75, 3.05) is 5.75 Å². The van der Waals surface area contributed by atoms with Crippen molar-refractivity contribution in [3.63, 3.8) is 0 Å². The van der Waals surface area contributed by atoms with Gasteiger partial charge >= 0.3 is 0 Å². The number of nitro groups is 1. The maximum Gasteiger partial charge on any atom is 0.269 e. The predicted molar refractivity (Wildman–Crippen MR) is 116 cm³/mol. The lowest BCUT2D eigenvalue weighted by Gasteiger charge is -2.37. The fourth-order valence-electron chi connectivity index (χ4n) is 4.14. The number of ether oxygens (including phenoxy) is 1. The van der Waals surface area contributed by atoms with Crippen molar-refractivity contribution in [2.24, 2.45) is 4.99 Å². The van der Waals surface area contributed by atoms with E-state index < -0.39 is 0 Å². The van der Waals surface area contributed by atoms with Crippen LogP contribution in [0.1, 0.15) is 58.9 Å². The number of aryl methyl sites for hydroxylation is 1. The first-order chi connectivity index (χ1) is 13.2. The second kappa shape index (κ2) is 8.41. The molecule has 0 unspecified atom stereocenters. The summed E-state index contributed by atoms with van der Waals surface area (Å²) in [7, 11) is 0. The van der Waals surface area contributed by atoms with E-state index in [1.165, 1.54) is 31.7 Å². The van der Waals surface area contributed by atoms with E-state index in [-0.39, 0.29) is 22.3 Å². The average molecular weight is 406 g/mol. The Bertz CT molecular complexity index is 754. The standard InChI is InChI=1S/C21H31N3O3S/c1-14-12-17(24(25)26)10-11-18(14)22-20-23(16-8-6-7-9-16)19(13-28-20)15(2)27-21(3,4)5/h10-12,15-16,19H,6-9,13H2,1-5H3/b22-20-/t15-,19-/m0/s1. The van der Waals surface area contributed by atoms with Gasteiger partial charge in [0.25, 0.3) is 5.69 Å². The molecule has 1 aromatic carbocycles. The first-order valence-electron chi connectivity index (χ1n) is 10.1. The minimum Gasteiger partial charge on any atom is -0.371 e. The molecule has 0 N–H and O–H groups in total. The fraction of sp³-hybridized carbons (Fsp3) is 0.667. The Kier molecular flexibility index (Phi) is 6.34. The van der Waals surface area contributed by atoms with Crippen molar-refractivity contribution in [1.82, 2.24) is 4.90 Å². The molecule has 1 aliphatic carbocycles. The third kappa shape index (κ3) is 4.87. The number of aliphatic imine (C=N–C) groups is 1. The van der Waals surface area contributed by atoms with Gasteiger partial charge in [-0.3, -0.25) is 10.1 Å². The number of hydrogen-bond acceptors (Lipinski definition) is 5. The van der Waals surface area contributed by atoms with Crippen LogP contribution in [-0.4, -0.2) is 44.5 Å². The van der Waals surface area contributed by atoms with E-state index >= 15 is 0 Å². The Morgan fingerprint density at radius 1 is 1.32 bits per heavy atom. The summed E-state index contributed by atoms with van der Waals surface area (Å²) < 4.78 is 6.29. The molecular weight excluding hydrogens is 374 g/mol. The van der Waals surface area contributed by atoms with E-state index in [0.717, 1.165) is 22.2 Å². The van der Waals surface area contributed by atoms with Gasteiger partial charge in [0.05, 0.1) is 28.4 Å². The average Bonchev–Trinajstić information content (AvgIpc) is 3.24. The Hall–Kier alpha value is -1.60. The van der Waals surface area contributed by atoms with Crippen LogP contribution in [0.3, 0.4) is 0 Å². The van der Waals surface area contributed by atoms with E-state index in [9.17, 15) is 10.1 Å². The highest BCUT2D eigenvalue weighted by Gasteiger charge is 2.40. The monoisotopic (exact) mass is 405 g/mol. The van der Waals surface area contributed by atoms with Gasteiger partial charge < -0.3 is 9.64 Å². The number of amidine groups is 1. The molecule has 1 aliphatic heterocycles. The summed E-state index contributed by atoms with van der Waals surface area (Å²) in [4.78, 5) is 18.1. The van der Waals surface area contributed by atoms with Crippen molar-refractivity contribution < 1.29 is 9.66 Å². The molecule has 0 bridgehead atoms. The number of nitrogens with zero attached hydrogens (tertiary/aromatic N) is 3. The van der Waals surface area contributed by atoms with Crippen LogP contribution in [0.25, 0.3) is 0 Å². The topological polar surface area (TPSA) is 68.0 Å². The number of non-ortho nitro benzene ring substituents is 1. The lowest BCUT2D eigenvalue weighted by molar-refractivity contribution is -0.384. The molecule has 0 radical (unpaired) electrons. The minimum atomic E-state index is -0.360. The molecule has 154 valence electrons. The van der Waals surface area contributed by atoms with Crippen LogP contribution in [0.5, 0.6) is 0 Å². The first-order valence-corrected chi connectivity index (χ1v) is 11.1. The van der Waals surface area contributed by atoms with Crippen molar-refractivity contribution in [1.29, 1.82) is 0 Å². The van der Waals surface area contributed by atoms with Crippen molar-refractivity contribution in [3.05, 3.63) is 33.9 Å². The van der Waals surface area contributed by atoms with Gasteiger partial charge in [-0.25, -0.2) is 4.99 Å². The number of benzene rings is 1. The molecule has 7 heteroatoms. The SMILES string of the molecule is Cc1cc([N+](=O)[O-])ccc1/N=C1\SC[C@@H]([C@H](C)OC(C)(C)C)N1C1CCCC1. The van der Waals surface area contributed by atoms with Crippen LogP contribution in [-0.2, 0) is 4.74 Å². The van der Waals surface area contributed by atoms with Gasteiger partial charge in [-0.1, -0.05) is 24.6 Å². The Morgan fingerprint density at radius 3 is 2.57 bits per heavy atom. The second-order valence-electron chi connectivity index (χ2n) is 8.78. The van der Waals surface area contributed by atoms with Gasteiger partial charge in [-0.2, -0.15) is 0 Å². The third-order valence-electron chi connectivity index (χ3n) is 5.37. The number of hydrogen-bond donors (Lipinski definition) is 0. The normalized spacial score (nSPS) is 23.5. The van der Waals surface area contributed by atoms with Crippen molar-refractivity contribution >= 4 is 28.3 Å². The largest absolute Gasteiger partial charge is 0.371 e. The zero-order valence-corrected chi connectivity index (χ0v) is 18.3. The second-order valence-corrected chi connectivity index (χ2v) is 9.77. The molecule has 28 heavy (non-hydrogen) atoms. The highest BCUT2D eigenvalue weighted by molar-refractivity contribution is 8.14. The van der Waals surface area contributed by atoms with Crippen molar-refractivity contribution in [2.45, 2.75) is 84.1 Å². The molecule has 2 fully saturated rings. The van der Waals surface area contributed by atoms with E-state index in [0.29, 0.717) is 12.1 Å². The molecule has 0 spiro atoms. The quantitative estimate of drug-likeness (QED) is 0.481. The van der Waals surface area contributed by atoms with Gasteiger partial charge in [-0.05, 0) is 59.1 Å². The van der Waals surface area contributed by atoms with Crippen molar-refractivity contribution in [3.8, 4) is 0 Å². The highest BCUT2D eigenvalue weighted by atomic mass is 32.2. The maximum absolute atomic E-state index is 11.0. The number of rotatable bonds is 5. The Labute approximate surface area is 171 Å². The van der Waals surface area contributed by atoms with Gasteiger partial charge in [0, 0.05) is 23.9 Å². The number of nitro benzene ring substituents is 1. The minimum absolute atomic E-state index is 0.109. The molecule has 1 saturated carbocycles. The van der Waals surface area contributed by atoms with Gasteiger partial charge in [0.2, 0.25) is 0 Å². The van der Waals surface area contributed by atoms with Crippen LogP contribution < -0.4 is 0 Å². The zero-order chi connectivity index (χ0) is 20.5. The molecule has 1 heterocycles. The molecule has 1 aromatic rings. The van der Waals surface area contributed by atoms with Crippen LogP contribution >= 0.6 is 11.8 Å². The summed E-state index contributed by atoms with van der Waals surface area (Å²) in [5, 5.41) is 12.0. The van der Waals surface area contributed by atoms with E-state index in [2.05, 4.69) is 32.6 Å². The zero-order valence-electron chi connectivity index (χ0n) is 17.5. The Morgan fingerprint density at radius 2 is 2.00 bits per heavy atom.